The number of benzene rings is 1. The first-order valence-corrected chi connectivity index (χ1v) is 8.74. The van der Waals surface area contributed by atoms with E-state index in [1.54, 1.807) is 11.8 Å². The van der Waals surface area contributed by atoms with Crippen LogP contribution in [0.3, 0.4) is 0 Å². The molecule has 0 bridgehead atoms. The summed E-state index contributed by atoms with van der Waals surface area (Å²) in [5.74, 6) is 0.00316. The predicted octanol–water partition coefficient (Wildman–Crippen LogP) is 3.26. The molecule has 4 heteroatoms. The molecule has 3 nitrogen and oxygen atoms in total. The maximum atomic E-state index is 12.2. The molecule has 0 heterocycles. The Morgan fingerprint density at radius 1 is 1.19 bits per heavy atom. The number of anilines is 1. The number of carbonyl (C=O) groups is 1. The van der Waals surface area contributed by atoms with Crippen molar-refractivity contribution in [3.05, 3.63) is 29.3 Å². The summed E-state index contributed by atoms with van der Waals surface area (Å²) in [6.07, 6.45) is 6.19. The minimum absolute atomic E-state index is 0.00316. The first-order valence-electron chi connectivity index (χ1n) is 7.58. The molecule has 0 atom stereocenters. The third-order valence-corrected chi connectivity index (χ3v) is 4.78. The van der Waals surface area contributed by atoms with Crippen molar-refractivity contribution in [3.63, 3.8) is 0 Å². The zero-order valence-electron chi connectivity index (χ0n) is 13.0. The number of aryl methyl sites for hydroxylation is 2. The molecule has 1 aromatic rings. The van der Waals surface area contributed by atoms with Gasteiger partial charge in [0.15, 0.2) is 0 Å². The summed E-state index contributed by atoms with van der Waals surface area (Å²) in [5.41, 5.74) is 3.15. The molecule has 1 aliphatic carbocycles. The summed E-state index contributed by atoms with van der Waals surface area (Å²) in [4.78, 5) is 13.9. The van der Waals surface area contributed by atoms with Gasteiger partial charge in [-0.2, -0.15) is 0 Å². The van der Waals surface area contributed by atoms with Crippen LogP contribution in [0.1, 0.15) is 50.2 Å². The number of rotatable bonds is 4. The molecule has 2 rings (SSSR count). The molecule has 0 saturated heterocycles. The number of carbonyl (C=O) groups excluding carboxylic acids is 1. The second-order valence-electron chi connectivity index (χ2n) is 5.74. The number of para-hydroxylation sites is 1. The Labute approximate surface area is 140 Å². The molecule has 0 aromatic heterocycles. The molecule has 1 amide bonds. The van der Waals surface area contributed by atoms with E-state index in [4.69, 9.17) is 4.74 Å². The summed E-state index contributed by atoms with van der Waals surface area (Å²) >= 11 is 1.82. The molecule has 1 aliphatic rings. The van der Waals surface area contributed by atoms with E-state index >= 15 is 0 Å². The van der Waals surface area contributed by atoms with Gasteiger partial charge in [-0.25, -0.2) is 0 Å². The van der Waals surface area contributed by atoms with Gasteiger partial charge >= 0.3 is 140 Å². The summed E-state index contributed by atoms with van der Waals surface area (Å²) in [7, 11) is 0. The van der Waals surface area contributed by atoms with E-state index in [1.165, 1.54) is 19.3 Å². The average Bonchev–Trinajstić information content (AvgIpc) is 2.43. The van der Waals surface area contributed by atoms with Crippen LogP contribution in [0.15, 0.2) is 18.2 Å². The van der Waals surface area contributed by atoms with Gasteiger partial charge in [0.2, 0.25) is 0 Å². The van der Waals surface area contributed by atoms with Crippen molar-refractivity contribution in [2.24, 2.45) is 0 Å². The Kier molecular flexibility index (Phi) is 5.84. The van der Waals surface area contributed by atoms with Crippen LogP contribution in [-0.4, -0.2) is 37.7 Å². The normalized spacial score (nSPS) is 15.6. The van der Waals surface area contributed by atoms with Crippen LogP contribution in [0.2, 0.25) is 0 Å². The predicted molar refractivity (Wildman–Crippen MR) is 87.8 cm³/mol. The molecule has 1 aromatic carbocycles. The summed E-state index contributed by atoms with van der Waals surface area (Å²) < 4.78 is 6.82. The molecular weight excluding hydrogens is 378 g/mol. The average molecular weight is 401 g/mol. The second kappa shape index (κ2) is 7.42. The van der Waals surface area contributed by atoms with E-state index < -0.39 is 0 Å². The van der Waals surface area contributed by atoms with E-state index in [1.807, 2.05) is 53.9 Å². The van der Waals surface area contributed by atoms with Crippen molar-refractivity contribution in [2.45, 2.75) is 59.0 Å². The molecule has 0 radical (unpaired) electrons. The zero-order chi connectivity index (χ0) is 15.4. The van der Waals surface area contributed by atoms with E-state index in [0.29, 0.717) is 3.86 Å². The third kappa shape index (κ3) is 4.08. The molecule has 1 saturated carbocycles. The van der Waals surface area contributed by atoms with Gasteiger partial charge in [0, 0.05) is 0 Å². The first-order chi connectivity index (χ1) is 10.0. The zero-order valence-corrected chi connectivity index (χ0v) is 15.3. The number of amides is 1. The molecule has 114 valence electrons. The van der Waals surface area contributed by atoms with Gasteiger partial charge in [0.1, 0.15) is 0 Å². The van der Waals surface area contributed by atoms with Gasteiger partial charge in [0.25, 0.3) is 0 Å². The Balaban J connectivity index is 2.22. The van der Waals surface area contributed by atoms with Crippen molar-refractivity contribution in [1.82, 2.24) is 0 Å². The molecule has 0 aliphatic heterocycles. The van der Waals surface area contributed by atoms with Gasteiger partial charge in [-0.15, -0.1) is 0 Å². The van der Waals surface area contributed by atoms with E-state index in [0.717, 1.165) is 29.7 Å². The van der Waals surface area contributed by atoms with Crippen LogP contribution in [0.25, 0.3) is 0 Å². The number of nitrogens with zero attached hydrogens (tertiary/aromatic N) is 1. The Hall–Kier alpha value is -0.850. The van der Waals surface area contributed by atoms with Crippen LogP contribution >= 0.6 is 0 Å². The second-order valence-corrected chi connectivity index (χ2v) is 6.74. The van der Waals surface area contributed by atoms with Crippen molar-refractivity contribution in [2.75, 3.05) is 4.90 Å². The summed E-state index contributed by atoms with van der Waals surface area (Å²) in [5, 5.41) is 0. The standard InChI is InChI=1S/C17H23NO2Te/c1-12-8-7-9-13(2)16(12)18(14(3)19)17(21)20-15-10-5-4-6-11-15/h7-9,15H,4-6,10-11H2,1-3H3. The molecule has 21 heavy (non-hydrogen) atoms. The Morgan fingerprint density at radius 3 is 2.29 bits per heavy atom. The van der Waals surface area contributed by atoms with Crippen LogP contribution in [-0.2, 0) is 9.53 Å². The van der Waals surface area contributed by atoms with Crippen LogP contribution in [0.5, 0.6) is 0 Å². The Bertz CT molecular complexity index is 515. The first kappa shape index (κ1) is 16.5. The molecular formula is C17H23NO2Te. The fourth-order valence-corrected chi connectivity index (χ4v) is 3.93. The quantitative estimate of drug-likeness (QED) is 0.726. The fourth-order valence-electron chi connectivity index (χ4n) is 2.91. The van der Waals surface area contributed by atoms with E-state index in [9.17, 15) is 4.79 Å². The van der Waals surface area contributed by atoms with Crippen molar-refractivity contribution in [3.8, 4) is 0 Å². The minimum atomic E-state index is 0.00316. The SMILES string of the molecule is CC(=O)N(C(=[Te])OC1CCCCC1)c1c(C)cccc1C. The number of hydrogen-bond donors (Lipinski definition) is 0. The van der Waals surface area contributed by atoms with Gasteiger partial charge in [-0.3, -0.25) is 0 Å². The van der Waals surface area contributed by atoms with Crippen LogP contribution in [0, 0.1) is 13.8 Å². The van der Waals surface area contributed by atoms with Gasteiger partial charge in [-0.1, -0.05) is 0 Å². The van der Waals surface area contributed by atoms with Crippen molar-refractivity contribution in [1.29, 1.82) is 0 Å². The summed E-state index contributed by atoms with van der Waals surface area (Å²) in [6, 6.07) is 6.09. The fraction of sp³-hybridized carbons (Fsp3) is 0.529. The third-order valence-electron chi connectivity index (χ3n) is 3.98. The van der Waals surface area contributed by atoms with Gasteiger partial charge < -0.3 is 0 Å². The molecule has 0 N–H and O–H groups in total. The number of ether oxygens (including phenoxy) is 1. The van der Waals surface area contributed by atoms with E-state index in [2.05, 4.69) is 0 Å². The van der Waals surface area contributed by atoms with Crippen LogP contribution < -0.4 is 4.90 Å². The monoisotopic (exact) mass is 403 g/mol. The van der Waals surface area contributed by atoms with Gasteiger partial charge in [-0.05, 0) is 0 Å². The summed E-state index contributed by atoms with van der Waals surface area (Å²) in [6.45, 7) is 5.67. The van der Waals surface area contributed by atoms with Crippen LogP contribution in [0.4, 0.5) is 5.69 Å². The maximum absolute atomic E-state index is 12.2. The van der Waals surface area contributed by atoms with Crippen molar-refractivity contribution >= 4 is 37.3 Å². The molecule has 1 fully saturated rings. The number of hydrogen-bond acceptors (Lipinski definition) is 2. The van der Waals surface area contributed by atoms with Gasteiger partial charge in [0.05, 0.1) is 0 Å². The Morgan fingerprint density at radius 2 is 1.76 bits per heavy atom. The molecule has 0 spiro atoms. The topological polar surface area (TPSA) is 29.5 Å². The van der Waals surface area contributed by atoms with E-state index in [-0.39, 0.29) is 12.0 Å². The van der Waals surface area contributed by atoms with Crippen molar-refractivity contribution < 1.29 is 9.53 Å². The molecule has 0 unspecified atom stereocenters.